The number of hydrogen-bond donors (Lipinski definition) is 0. The van der Waals surface area contributed by atoms with E-state index in [9.17, 15) is 0 Å². The lowest BCUT2D eigenvalue weighted by Gasteiger charge is -2.34. The van der Waals surface area contributed by atoms with Gasteiger partial charge in [0.1, 0.15) is 0 Å². The molecule has 0 amide bonds. The van der Waals surface area contributed by atoms with Crippen molar-refractivity contribution in [1.82, 2.24) is 0 Å². The minimum atomic E-state index is -0.188. The first-order valence-electron chi connectivity index (χ1n) is 10.5. The molecule has 0 aromatic heterocycles. The highest BCUT2D eigenvalue weighted by Crippen LogP contribution is 2.55. The van der Waals surface area contributed by atoms with Gasteiger partial charge >= 0.3 is 0 Å². The average Bonchev–Trinajstić information content (AvgIpc) is 2.89. The summed E-state index contributed by atoms with van der Waals surface area (Å²) in [5.41, 5.74) is 9.46. The lowest BCUT2D eigenvalue weighted by atomic mass is 9.70. The smallest absolute Gasteiger partial charge is 0.0435 e. The van der Waals surface area contributed by atoms with Gasteiger partial charge in [0.25, 0.3) is 0 Å². The lowest BCUT2D eigenvalue weighted by molar-refractivity contribution is 0.528. The Bertz CT molecular complexity index is 1080. The Morgan fingerprint density at radius 3 is 1.79 bits per heavy atom. The minimum absolute atomic E-state index is 0.0711. The fraction of sp³-hybridized carbons (Fsp3) is 0.357. The van der Waals surface area contributed by atoms with Crippen LogP contribution in [0.15, 0.2) is 60.7 Å². The highest BCUT2D eigenvalue weighted by Gasteiger charge is 2.42. The summed E-state index contributed by atoms with van der Waals surface area (Å²) < 4.78 is 0. The summed E-state index contributed by atoms with van der Waals surface area (Å²) in [6.07, 6.45) is 0. The molecule has 3 aromatic carbocycles. The van der Waals surface area contributed by atoms with Crippen molar-refractivity contribution in [3.63, 3.8) is 0 Å². The zero-order valence-electron chi connectivity index (χ0n) is 18.7. The summed E-state index contributed by atoms with van der Waals surface area (Å²) in [5.74, 6) is 0. The summed E-state index contributed by atoms with van der Waals surface area (Å²) in [7, 11) is 0. The first-order chi connectivity index (χ1) is 13.4. The predicted octanol–water partition coefficient (Wildman–Crippen LogP) is 8.27. The number of halogens is 1. The second-order valence-corrected chi connectivity index (χ2v) is 11.1. The van der Waals surface area contributed by atoms with Gasteiger partial charge in [0, 0.05) is 10.4 Å². The topological polar surface area (TPSA) is 0 Å². The van der Waals surface area contributed by atoms with Gasteiger partial charge in [-0.1, -0.05) is 95.6 Å². The Morgan fingerprint density at radius 2 is 1.21 bits per heavy atom. The van der Waals surface area contributed by atoms with Crippen LogP contribution in [0.3, 0.4) is 0 Å². The first-order valence-corrected chi connectivity index (χ1v) is 10.9. The quantitative estimate of drug-likeness (QED) is 0.384. The molecule has 3 aromatic rings. The van der Waals surface area contributed by atoms with Crippen molar-refractivity contribution < 1.29 is 0 Å². The normalized spacial score (nSPS) is 18.5. The zero-order valence-corrected chi connectivity index (χ0v) is 19.4. The standard InChI is InChI=1S/C28H31Cl/c1-26(2,3)24-16-21-20-15-19(29)13-14-22(20)28(7,18-11-9-8-10-12-18)23(21)17-25(24)27(4,5)6/h8-17H,1-7H3. The van der Waals surface area contributed by atoms with E-state index in [1.54, 1.807) is 0 Å². The maximum Gasteiger partial charge on any atom is 0.0435 e. The van der Waals surface area contributed by atoms with Crippen LogP contribution in [0.2, 0.25) is 5.02 Å². The van der Waals surface area contributed by atoms with E-state index in [0.29, 0.717) is 0 Å². The monoisotopic (exact) mass is 402 g/mol. The van der Waals surface area contributed by atoms with Gasteiger partial charge in [0.15, 0.2) is 0 Å². The number of rotatable bonds is 1. The molecule has 1 aliphatic carbocycles. The maximum atomic E-state index is 6.46. The molecule has 150 valence electrons. The molecule has 0 saturated heterocycles. The number of fused-ring (bicyclic) bond motifs is 3. The van der Waals surface area contributed by atoms with Crippen LogP contribution in [0.5, 0.6) is 0 Å². The number of hydrogen-bond acceptors (Lipinski definition) is 0. The largest absolute Gasteiger partial charge is 0.0843 e. The third-order valence-electron chi connectivity index (χ3n) is 6.47. The van der Waals surface area contributed by atoms with E-state index >= 15 is 0 Å². The minimum Gasteiger partial charge on any atom is -0.0843 e. The SMILES string of the molecule is CC(C)(C)c1cc2c(cc1C(C)(C)C)C(C)(c1ccccc1)c1ccc(Cl)cc1-2. The van der Waals surface area contributed by atoms with Gasteiger partial charge in [-0.25, -0.2) is 0 Å². The van der Waals surface area contributed by atoms with Gasteiger partial charge in [0.05, 0.1) is 0 Å². The third kappa shape index (κ3) is 3.13. The molecule has 0 heterocycles. The lowest BCUT2D eigenvalue weighted by Crippen LogP contribution is -2.26. The van der Waals surface area contributed by atoms with Crippen molar-refractivity contribution in [1.29, 1.82) is 0 Å². The molecular weight excluding hydrogens is 372 g/mol. The van der Waals surface area contributed by atoms with Gasteiger partial charge in [-0.15, -0.1) is 0 Å². The Labute approximate surface area is 180 Å². The van der Waals surface area contributed by atoms with Crippen LogP contribution in [0.1, 0.15) is 76.3 Å². The molecule has 0 nitrogen and oxygen atoms in total. The Morgan fingerprint density at radius 1 is 0.655 bits per heavy atom. The van der Waals surface area contributed by atoms with Crippen LogP contribution < -0.4 is 0 Å². The van der Waals surface area contributed by atoms with Crippen molar-refractivity contribution in [2.24, 2.45) is 0 Å². The summed E-state index contributed by atoms with van der Waals surface area (Å²) in [6.45, 7) is 16.3. The van der Waals surface area contributed by atoms with Crippen LogP contribution in [-0.4, -0.2) is 0 Å². The molecule has 0 bridgehead atoms. The van der Waals surface area contributed by atoms with E-state index in [4.69, 9.17) is 11.6 Å². The second kappa shape index (κ2) is 6.47. The molecule has 0 saturated carbocycles. The third-order valence-corrected chi connectivity index (χ3v) is 6.71. The first kappa shape index (κ1) is 20.2. The fourth-order valence-electron chi connectivity index (χ4n) is 4.88. The van der Waals surface area contributed by atoms with Gasteiger partial charge in [-0.05, 0) is 74.9 Å². The molecule has 1 aliphatic rings. The van der Waals surface area contributed by atoms with E-state index in [0.717, 1.165) is 5.02 Å². The van der Waals surface area contributed by atoms with Crippen LogP contribution >= 0.6 is 11.6 Å². The highest BCUT2D eigenvalue weighted by molar-refractivity contribution is 6.31. The second-order valence-electron chi connectivity index (χ2n) is 10.6. The van der Waals surface area contributed by atoms with Gasteiger partial charge < -0.3 is 0 Å². The zero-order chi connectivity index (χ0) is 21.2. The van der Waals surface area contributed by atoms with E-state index in [-0.39, 0.29) is 16.2 Å². The van der Waals surface area contributed by atoms with Gasteiger partial charge in [-0.3, -0.25) is 0 Å². The molecule has 0 spiro atoms. The van der Waals surface area contributed by atoms with Crippen LogP contribution in [0.4, 0.5) is 0 Å². The van der Waals surface area contributed by atoms with E-state index < -0.39 is 0 Å². The molecule has 0 fully saturated rings. The van der Waals surface area contributed by atoms with Crippen LogP contribution in [0, 0.1) is 0 Å². The van der Waals surface area contributed by atoms with E-state index in [1.165, 1.54) is 38.9 Å². The van der Waals surface area contributed by atoms with Crippen molar-refractivity contribution >= 4 is 11.6 Å². The Kier molecular flexibility index (Phi) is 4.52. The Hall–Kier alpha value is -2.05. The molecule has 1 heteroatoms. The Balaban J connectivity index is 2.13. The molecule has 29 heavy (non-hydrogen) atoms. The molecule has 0 N–H and O–H groups in total. The highest BCUT2D eigenvalue weighted by atomic mass is 35.5. The fourth-order valence-corrected chi connectivity index (χ4v) is 5.05. The van der Waals surface area contributed by atoms with Crippen molar-refractivity contribution in [3.8, 4) is 11.1 Å². The summed E-state index contributed by atoms with van der Waals surface area (Å²) in [6, 6.07) is 22.2. The summed E-state index contributed by atoms with van der Waals surface area (Å²) in [4.78, 5) is 0. The van der Waals surface area contributed by atoms with Crippen molar-refractivity contribution in [2.45, 2.75) is 64.7 Å². The summed E-state index contributed by atoms with van der Waals surface area (Å²) >= 11 is 6.46. The molecule has 0 aliphatic heterocycles. The number of benzene rings is 3. The molecule has 4 rings (SSSR count). The summed E-state index contributed by atoms with van der Waals surface area (Å²) in [5, 5.41) is 0.796. The van der Waals surface area contributed by atoms with E-state index in [1.807, 2.05) is 6.07 Å². The molecule has 1 atom stereocenters. The van der Waals surface area contributed by atoms with Crippen molar-refractivity contribution in [2.75, 3.05) is 0 Å². The van der Waals surface area contributed by atoms with Crippen molar-refractivity contribution in [3.05, 3.63) is 93.5 Å². The molecule has 1 unspecified atom stereocenters. The molecular formula is C28H31Cl. The van der Waals surface area contributed by atoms with Crippen LogP contribution in [-0.2, 0) is 16.2 Å². The molecule has 0 radical (unpaired) electrons. The van der Waals surface area contributed by atoms with Gasteiger partial charge in [0.2, 0.25) is 0 Å². The van der Waals surface area contributed by atoms with Crippen LogP contribution in [0.25, 0.3) is 11.1 Å². The van der Waals surface area contributed by atoms with E-state index in [2.05, 4.69) is 103 Å². The predicted molar refractivity (Wildman–Crippen MR) is 126 cm³/mol. The van der Waals surface area contributed by atoms with Gasteiger partial charge in [-0.2, -0.15) is 0 Å². The maximum absolute atomic E-state index is 6.46. The average molecular weight is 403 g/mol.